The minimum absolute atomic E-state index is 0.0307. The molecule has 0 unspecified atom stereocenters. The molecule has 2 nitrogen and oxygen atoms in total. The number of aliphatic hydroxyl groups is 1. The van der Waals surface area contributed by atoms with Gasteiger partial charge in [-0.25, -0.2) is 8.78 Å². The molecule has 0 aromatic heterocycles. The number of halogens is 2. The summed E-state index contributed by atoms with van der Waals surface area (Å²) in [7, 11) is 0. The molecule has 116 valence electrons. The van der Waals surface area contributed by atoms with Gasteiger partial charge in [-0.3, -0.25) is 4.90 Å². The largest absolute Gasteiger partial charge is 0.387 e. The van der Waals surface area contributed by atoms with Crippen LogP contribution >= 0.6 is 0 Å². The summed E-state index contributed by atoms with van der Waals surface area (Å²) in [5.41, 5.74) is 1.32. The number of nitrogens with zero attached hydrogens (tertiary/aromatic N) is 1. The summed E-state index contributed by atoms with van der Waals surface area (Å²) in [5.74, 6) is -0.655. The summed E-state index contributed by atoms with van der Waals surface area (Å²) < 4.78 is 26.9. The summed E-state index contributed by atoms with van der Waals surface area (Å²) in [5, 5.41) is 10.2. The van der Waals surface area contributed by atoms with Crippen molar-refractivity contribution in [3.63, 3.8) is 0 Å². The van der Waals surface area contributed by atoms with E-state index in [1.807, 2.05) is 18.2 Å². The van der Waals surface area contributed by atoms with E-state index in [1.165, 1.54) is 5.56 Å². The molecule has 22 heavy (non-hydrogen) atoms. The van der Waals surface area contributed by atoms with Crippen LogP contribution in [0, 0.1) is 11.6 Å². The van der Waals surface area contributed by atoms with Gasteiger partial charge in [-0.1, -0.05) is 30.3 Å². The zero-order chi connectivity index (χ0) is 15.5. The smallest absolute Gasteiger partial charge is 0.129 e. The first-order chi connectivity index (χ1) is 10.6. The Bertz CT molecular complexity index is 632. The fraction of sp³-hybridized carbons (Fsp3) is 0.333. The number of hydrogen-bond donors (Lipinski definition) is 1. The normalized spacial score (nSPS) is 20.2. The number of benzene rings is 2. The van der Waals surface area contributed by atoms with Crippen LogP contribution in [0.2, 0.25) is 0 Å². The van der Waals surface area contributed by atoms with Crippen molar-refractivity contribution in [3.05, 3.63) is 71.3 Å². The molecule has 1 aliphatic heterocycles. The van der Waals surface area contributed by atoms with E-state index in [-0.39, 0.29) is 5.56 Å². The van der Waals surface area contributed by atoms with Crippen LogP contribution in [0.4, 0.5) is 8.78 Å². The monoisotopic (exact) mass is 303 g/mol. The highest BCUT2D eigenvalue weighted by Crippen LogP contribution is 2.29. The maximum absolute atomic E-state index is 13.7. The summed E-state index contributed by atoms with van der Waals surface area (Å²) >= 11 is 0. The van der Waals surface area contributed by atoms with E-state index < -0.39 is 17.7 Å². The van der Waals surface area contributed by atoms with Crippen molar-refractivity contribution in [1.82, 2.24) is 4.90 Å². The minimum atomic E-state index is -1.01. The van der Waals surface area contributed by atoms with Gasteiger partial charge in [-0.05, 0) is 42.6 Å². The third-order valence-electron chi connectivity index (χ3n) is 4.29. The molecule has 1 aliphatic rings. The van der Waals surface area contributed by atoms with Crippen LogP contribution < -0.4 is 0 Å². The van der Waals surface area contributed by atoms with Gasteiger partial charge >= 0.3 is 0 Å². The zero-order valence-electron chi connectivity index (χ0n) is 12.3. The fourth-order valence-corrected chi connectivity index (χ4v) is 3.11. The standard InChI is InChI=1S/C18H19F2NO/c19-15-6-7-17(20)16(10-15)18(22)12-21-9-8-14(11-21)13-4-2-1-3-5-13/h1-7,10,14,18,22H,8-9,11-12H2/t14-,18+/m1/s1. The highest BCUT2D eigenvalue weighted by atomic mass is 19.1. The van der Waals surface area contributed by atoms with Crippen LogP contribution in [0.3, 0.4) is 0 Å². The van der Waals surface area contributed by atoms with E-state index in [1.54, 1.807) is 0 Å². The topological polar surface area (TPSA) is 23.5 Å². The first kappa shape index (κ1) is 15.1. The Morgan fingerprint density at radius 1 is 1.14 bits per heavy atom. The summed E-state index contributed by atoms with van der Waals surface area (Å²) in [6.07, 6.45) is 0.00718. The van der Waals surface area contributed by atoms with Gasteiger partial charge in [0.15, 0.2) is 0 Å². The lowest BCUT2D eigenvalue weighted by atomic mass is 9.99. The first-order valence-electron chi connectivity index (χ1n) is 7.54. The molecule has 3 rings (SSSR count). The molecule has 0 bridgehead atoms. The molecule has 1 fully saturated rings. The number of rotatable bonds is 4. The summed E-state index contributed by atoms with van der Waals surface area (Å²) in [6.45, 7) is 2.01. The average molecular weight is 303 g/mol. The van der Waals surface area contributed by atoms with Crippen molar-refractivity contribution in [2.75, 3.05) is 19.6 Å². The van der Waals surface area contributed by atoms with Gasteiger partial charge in [0.25, 0.3) is 0 Å². The molecule has 1 heterocycles. The second kappa shape index (κ2) is 6.55. The van der Waals surface area contributed by atoms with Gasteiger partial charge in [0.05, 0.1) is 6.10 Å². The lowest BCUT2D eigenvalue weighted by molar-refractivity contribution is 0.122. The highest BCUT2D eigenvalue weighted by molar-refractivity contribution is 5.23. The maximum atomic E-state index is 13.7. The van der Waals surface area contributed by atoms with Gasteiger partial charge < -0.3 is 5.11 Å². The van der Waals surface area contributed by atoms with Crippen LogP contribution in [-0.4, -0.2) is 29.6 Å². The molecule has 0 spiro atoms. The van der Waals surface area contributed by atoms with E-state index in [9.17, 15) is 13.9 Å². The molecule has 2 atom stereocenters. The second-order valence-corrected chi connectivity index (χ2v) is 5.84. The number of aliphatic hydroxyl groups excluding tert-OH is 1. The molecule has 1 saturated heterocycles. The van der Waals surface area contributed by atoms with E-state index in [4.69, 9.17) is 0 Å². The Morgan fingerprint density at radius 2 is 1.91 bits per heavy atom. The molecular weight excluding hydrogens is 284 g/mol. The Hall–Kier alpha value is -1.78. The SMILES string of the molecule is O[C@@H](CN1CC[C@@H](c2ccccc2)C1)c1cc(F)ccc1F. The maximum Gasteiger partial charge on any atom is 0.129 e. The van der Waals surface area contributed by atoms with Gasteiger partial charge in [0.1, 0.15) is 11.6 Å². The Kier molecular flexibility index (Phi) is 4.50. The van der Waals surface area contributed by atoms with Crippen molar-refractivity contribution in [2.24, 2.45) is 0 Å². The Balaban J connectivity index is 1.63. The molecule has 0 amide bonds. The number of hydrogen-bond acceptors (Lipinski definition) is 2. The molecule has 2 aromatic rings. The first-order valence-corrected chi connectivity index (χ1v) is 7.54. The lowest BCUT2D eigenvalue weighted by Gasteiger charge is -2.21. The number of β-amino-alcohol motifs (C(OH)–C–C–N with tert-alkyl or cyclic N) is 1. The van der Waals surface area contributed by atoms with Gasteiger partial charge in [0.2, 0.25) is 0 Å². The fourth-order valence-electron chi connectivity index (χ4n) is 3.11. The predicted molar refractivity (Wildman–Crippen MR) is 81.6 cm³/mol. The van der Waals surface area contributed by atoms with E-state index >= 15 is 0 Å². The van der Waals surface area contributed by atoms with Crippen molar-refractivity contribution >= 4 is 0 Å². The molecule has 2 aromatic carbocycles. The number of likely N-dealkylation sites (tertiary alicyclic amines) is 1. The van der Waals surface area contributed by atoms with Crippen molar-refractivity contribution in [3.8, 4) is 0 Å². The van der Waals surface area contributed by atoms with E-state index in [2.05, 4.69) is 17.0 Å². The third kappa shape index (κ3) is 3.34. The predicted octanol–water partition coefficient (Wildman–Crippen LogP) is 3.49. The molecule has 0 saturated carbocycles. The Labute approximate surface area is 129 Å². The van der Waals surface area contributed by atoms with E-state index in [0.717, 1.165) is 37.7 Å². The van der Waals surface area contributed by atoms with E-state index in [0.29, 0.717) is 12.5 Å². The minimum Gasteiger partial charge on any atom is -0.387 e. The third-order valence-corrected chi connectivity index (χ3v) is 4.29. The van der Waals surface area contributed by atoms with Crippen LogP contribution in [0.25, 0.3) is 0 Å². The molecular formula is C18H19F2NO. The molecule has 0 aliphatic carbocycles. The average Bonchev–Trinajstić information content (AvgIpc) is 2.99. The van der Waals surface area contributed by atoms with Crippen LogP contribution in [0.1, 0.15) is 29.6 Å². The summed E-state index contributed by atoms with van der Waals surface area (Å²) in [4.78, 5) is 2.10. The van der Waals surface area contributed by atoms with Crippen molar-refractivity contribution in [1.29, 1.82) is 0 Å². The van der Waals surface area contributed by atoms with Crippen LogP contribution in [0.5, 0.6) is 0 Å². The second-order valence-electron chi connectivity index (χ2n) is 5.84. The van der Waals surface area contributed by atoms with Crippen LogP contribution in [0.15, 0.2) is 48.5 Å². The van der Waals surface area contributed by atoms with Gasteiger partial charge in [-0.2, -0.15) is 0 Å². The van der Waals surface area contributed by atoms with Gasteiger partial charge in [-0.15, -0.1) is 0 Å². The van der Waals surface area contributed by atoms with Gasteiger partial charge in [0, 0.05) is 18.7 Å². The molecule has 0 radical (unpaired) electrons. The van der Waals surface area contributed by atoms with Crippen molar-refractivity contribution < 1.29 is 13.9 Å². The van der Waals surface area contributed by atoms with Crippen molar-refractivity contribution in [2.45, 2.75) is 18.4 Å². The Morgan fingerprint density at radius 3 is 2.68 bits per heavy atom. The zero-order valence-corrected chi connectivity index (χ0v) is 12.3. The van der Waals surface area contributed by atoms with Crippen LogP contribution in [-0.2, 0) is 0 Å². The lowest BCUT2D eigenvalue weighted by Crippen LogP contribution is -2.26. The molecule has 4 heteroatoms. The summed E-state index contributed by atoms with van der Waals surface area (Å²) in [6, 6.07) is 13.5. The highest BCUT2D eigenvalue weighted by Gasteiger charge is 2.26. The quantitative estimate of drug-likeness (QED) is 0.934. The molecule has 1 N–H and O–H groups in total.